The Labute approximate surface area is 109 Å². The smallest absolute Gasteiger partial charge is 0.319 e. The van der Waals surface area contributed by atoms with E-state index in [4.69, 9.17) is 4.74 Å². The number of thioether (sulfide) groups is 1. The van der Waals surface area contributed by atoms with Crippen molar-refractivity contribution in [2.45, 2.75) is 29.7 Å². The first kappa shape index (κ1) is 11.5. The largest absolute Gasteiger partial charge is 0.462 e. The van der Waals surface area contributed by atoms with Gasteiger partial charge < -0.3 is 4.74 Å². The zero-order valence-corrected chi connectivity index (χ0v) is 10.7. The van der Waals surface area contributed by atoms with E-state index in [1.54, 1.807) is 0 Å². The van der Waals surface area contributed by atoms with Crippen LogP contribution in [-0.4, -0.2) is 27.3 Å². The van der Waals surface area contributed by atoms with Crippen LogP contribution in [-0.2, 0) is 9.53 Å². The minimum atomic E-state index is -0.154. The molecule has 0 N–H and O–H groups in total. The van der Waals surface area contributed by atoms with Crippen LogP contribution in [0.2, 0.25) is 0 Å². The third-order valence-electron chi connectivity index (χ3n) is 2.89. The standard InChI is InChI=1S/C13H12N2O2S/c1-8-6-11(13(16)17-8)18-12-9-4-2-3-5-10(9)14-7-15-12/h2-5,7-8,11H,6H2,1H3. The lowest BCUT2D eigenvalue weighted by atomic mass is 10.2. The maximum absolute atomic E-state index is 11.6. The Morgan fingerprint density at radius 2 is 2.17 bits per heavy atom. The maximum atomic E-state index is 11.6. The summed E-state index contributed by atoms with van der Waals surface area (Å²) in [5.74, 6) is -0.143. The molecule has 1 aromatic carbocycles. The Hall–Kier alpha value is -1.62. The molecule has 0 amide bonds. The maximum Gasteiger partial charge on any atom is 0.319 e. The number of carbonyl (C=O) groups excluding carboxylic acids is 1. The first-order valence-corrected chi connectivity index (χ1v) is 6.69. The summed E-state index contributed by atoms with van der Waals surface area (Å²) in [5, 5.41) is 1.67. The minimum Gasteiger partial charge on any atom is -0.462 e. The van der Waals surface area contributed by atoms with Crippen molar-refractivity contribution in [1.82, 2.24) is 9.97 Å². The quantitative estimate of drug-likeness (QED) is 0.613. The second-order valence-corrected chi connectivity index (χ2v) is 5.48. The summed E-state index contributed by atoms with van der Waals surface area (Å²) in [7, 11) is 0. The number of cyclic esters (lactones) is 1. The fourth-order valence-electron chi connectivity index (χ4n) is 2.02. The summed E-state index contributed by atoms with van der Waals surface area (Å²) >= 11 is 1.47. The van der Waals surface area contributed by atoms with Crippen LogP contribution < -0.4 is 0 Å². The van der Waals surface area contributed by atoms with E-state index in [0.29, 0.717) is 0 Å². The van der Waals surface area contributed by atoms with Gasteiger partial charge in [0.2, 0.25) is 0 Å². The lowest BCUT2D eigenvalue weighted by molar-refractivity contribution is -0.140. The number of ether oxygens (including phenoxy) is 1. The molecule has 1 fully saturated rings. The number of hydrogen-bond donors (Lipinski definition) is 0. The Bertz CT molecular complexity index is 597. The van der Waals surface area contributed by atoms with E-state index in [9.17, 15) is 4.79 Å². The molecule has 1 aliphatic heterocycles. The Kier molecular flexibility index (Phi) is 2.91. The lowest BCUT2D eigenvalue weighted by Gasteiger charge is -2.06. The Morgan fingerprint density at radius 1 is 1.33 bits per heavy atom. The molecule has 1 aromatic heterocycles. The molecule has 4 nitrogen and oxygen atoms in total. The average Bonchev–Trinajstić information content (AvgIpc) is 2.68. The minimum absolute atomic E-state index is 0.00287. The van der Waals surface area contributed by atoms with Gasteiger partial charge in [-0.05, 0) is 13.0 Å². The predicted octanol–water partition coefficient (Wildman–Crippen LogP) is 2.43. The van der Waals surface area contributed by atoms with Crippen LogP contribution in [0, 0.1) is 0 Å². The van der Waals surface area contributed by atoms with Crippen molar-refractivity contribution in [3.63, 3.8) is 0 Å². The highest BCUT2D eigenvalue weighted by atomic mass is 32.2. The predicted molar refractivity (Wildman–Crippen MR) is 69.4 cm³/mol. The molecule has 2 atom stereocenters. The van der Waals surface area contributed by atoms with Crippen LogP contribution in [0.5, 0.6) is 0 Å². The third-order valence-corrected chi connectivity index (χ3v) is 4.10. The van der Waals surface area contributed by atoms with Crippen molar-refractivity contribution in [3.05, 3.63) is 30.6 Å². The van der Waals surface area contributed by atoms with Gasteiger partial charge in [-0.3, -0.25) is 4.79 Å². The van der Waals surface area contributed by atoms with Crippen LogP contribution >= 0.6 is 11.8 Å². The van der Waals surface area contributed by atoms with E-state index in [2.05, 4.69) is 9.97 Å². The van der Waals surface area contributed by atoms with Gasteiger partial charge in [-0.1, -0.05) is 30.0 Å². The second-order valence-electron chi connectivity index (χ2n) is 4.29. The molecule has 18 heavy (non-hydrogen) atoms. The second kappa shape index (κ2) is 4.57. The van der Waals surface area contributed by atoms with E-state index in [1.807, 2.05) is 31.2 Å². The molecule has 92 valence electrons. The highest BCUT2D eigenvalue weighted by Crippen LogP contribution is 2.33. The zero-order valence-electron chi connectivity index (χ0n) is 9.87. The summed E-state index contributed by atoms with van der Waals surface area (Å²) in [6.45, 7) is 1.91. The van der Waals surface area contributed by atoms with Gasteiger partial charge in [-0.25, -0.2) is 9.97 Å². The average molecular weight is 260 g/mol. The normalized spacial score (nSPS) is 23.3. The number of benzene rings is 1. The van der Waals surface area contributed by atoms with Crippen molar-refractivity contribution in [3.8, 4) is 0 Å². The van der Waals surface area contributed by atoms with Crippen molar-refractivity contribution in [2.24, 2.45) is 0 Å². The van der Waals surface area contributed by atoms with Crippen molar-refractivity contribution in [1.29, 1.82) is 0 Å². The first-order chi connectivity index (χ1) is 8.74. The van der Waals surface area contributed by atoms with E-state index < -0.39 is 0 Å². The van der Waals surface area contributed by atoms with E-state index >= 15 is 0 Å². The van der Waals surface area contributed by atoms with Crippen LogP contribution in [0.4, 0.5) is 0 Å². The van der Waals surface area contributed by atoms with Crippen LogP contribution in [0.25, 0.3) is 10.9 Å². The molecule has 5 heteroatoms. The molecule has 2 unspecified atom stereocenters. The molecule has 0 saturated carbocycles. The van der Waals surface area contributed by atoms with Crippen LogP contribution in [0.1, 0.15) is 13.3 Å². The number of para-hydroxylation sites is 1. The fourth-order valence-corrected chi connectivity index (χ4v) is 3.22. The molecular formula is C13H12N2O2S. The molecule has 1 aliphatic rings. The highest BCUT2D eigenvalue weighted by Gasteiger charge is 2.33. The van der Waals surface area contributed by atoms with E-state index in [0.717, 1.165) is 22.3 Å². The molecular weight excluding hydrogens is 248 g/mol. The van der Waals surface area contributed by atoms with Crippen LogP contribution in [0.15, 0.2) is 35.6 Å². The summed E-state index contributed by atoms with van der Waals surface area (Å²) in [6.07, 6.45) is 2.28. The Balaban J connectivity index is 1.93. The summed E-state index contributed by atoms with van der Waals surface area (Å²) < 4.78 is 5.15. The fraction of sp³-hybridized carbons (Fsp3) is 0.308. The van der Waals surface area contributed by atoms with Gasteiger partial charge in [0.05, 0.1) is 5.52 Å². The molecule has 0 aliphatic carbocycles. The zero-order chi connectivity index (χ0) is 12.5. The van der Waals surface area contributed by atoms with Gasteiger partial charge in [-0.2, -0.15) is 0 Å². The molecule has 0 bridgehead atoms. The molecule has 3 rings (SSSR count). The topological polar surface area (TPSA) is 52.1 Å². The highest BCUT2D eigenvalue weighted by molar-refractivity contribution is 8.00. The molecule has 2 heterocycles. The molecule has 1 saturated heterocycles. The van der Waals surface area contributed by atoms with E-state index in [1.165, 1.54) is 18.1 Å². The number of rotatable bonds is 2. The Morgan fingerprint density at radius 3 is 2.94 bits per heavy atom. The third kappa shape index (κ3) is 2.06. The van der Waals surface area contributed by atoms with Gasteiger partial charge in [0, 0.05) is 11.8 Å². The number of carbonyl (C=O) groups is 1. The lowest BCUT2D eigenvalue weighted by Crippen LogP contribution is -2.09. The molecule has 0 radical (unpaired) electrons. The van der Waals surface area contributed by atoms with Gasteiger partial charge in [-0.15, -0.1) is 0 Å². The van der Waals surface area contributed by atoms with Gasteiger partial charge in [0.1, 0.15) is 22.7 Å². The number of esters is 1. The summed E-state index contributed by atoms with van der Waals surface area (Å²) in [4.78, 5) is 20.1. The SMILES string of the molecule is CC1CC(Sc2ncnc3ccccc23)C(=O)O1. The number of nitrogens with zero attached hydrogens (tertiary/aromatic N) is 2. The van der Waals surface area contributed by atoms with Gasteiger partial charge >= 0.3 is 5.97 Å². The molecule has 2 aromatic rings. The first-order valence-electron chi connectivity index (χ1n) is 5.81. The van der Waals surface area contributed by atoms with Crippen molar-refractivity contribution in [2.75, 3.05) is 0 Å². The van der Waals surface area contributed by atoms with E-state index in [-0.39, 0.29) is 17.3 Å². The van der Waals surface area contributed by atoms with Gasteiger partial charge in [0.25, 0.3) is 0 Å². The number of fused-ring (bicyclic) bond motifs is 1. The molecule has 0 spiro atoms. The van der Waals surface area contributed by atoms with Crippen molar-refractivity contribution >= 4 is 28.6 Å². The van der Waals surface area contributed by atoms with Gasteiger partial charge in [0.15, 0.2) is 0 Å². The van der Waals surface area contributed by atoms with Crippen molar-refractivity contribution < 1.29 is 9.53 Å². The summed E-state index contributed by atoms with van der Waals surface area (Å²) in [5.41, 5.74) is 0.898. The monoisotopic (exact) mass is 260 g/mol. The van der Waals surface area contributed by atoms with Crippen LogP contribution in [0.3, 0.4) is 0 Å². The number of aromatic nitrogens is 2. The number of hydrogen-bond acceptors (Lipinski definition) is 5. The summed E-state index contributed by atoms with van der Waals surface area (Å²) in [6, 6.07) is 7.80.